The lowest BCUT2D eigenvalue weighted by Crippen LogP contribution is -2.36. The summed E-state index contributed by atoms with van der Waals surface area (Å²) in [5.41, 5.74) is 5.05. The topological polar surface area (TPSA) is 102 Å². The fourth-order valence-corrected chi connectivity index (χ4v) is 2.39. The molecule has 0 amide bonds. The third-order valence-electron chi connectivity index (χ3n) is 3.06. The van der Waals surface area contributed by atoms with Crippen LogP contribution in [0.3, 0.4) is 0 Å². The van der Waals surface area contributed by atoms with E-state index in [1.165, 1.54) is 0 Å². The molecule has 0 aromatic carbocycles. The summed E-state index contributed by atoms with van der Waals surface area (Å²) in [7, 11) is 0. The van der Waals surface area contributed by atoms with E-state index in [4.69, 9.17) is 10.9 Å². The van der Waals surface area contributed by atoms with Crippen molar-refractivity contribution in [1.82, 2.24) is 0 Å². The molecule has 0 aliphatic heterocycles. The summed E-state index contributed by atoms with van der Waals surface area (Å²) in [4.78, 5) is 10.3. The highest BCUT2D eigenvalue weighted by molar-refractivity contribution is 5.80. The Morgan fingerprint density at radius 3 is 2.53 bits per heavy atom. The van der Waals surface area contributed by atoms with Crippen molar-refractivity contribution in [2.45, 2.75) is 38.5 Å². The second-order valence-electron chi connectivity index (χ2n) is 4.32. The van der Waals surface area contributed by atoms with Gasteiger partial charge in [0.15, 0.2) is 0 Å². The zero-order chi connectivity index (χ0) is 11.3. The van der Waals surface area contributed by atoms with Gasteiger partial charge in [-0.05, 0) is 12.8 Å². The van der Waals surface area contributed by atoms with Crippen LogP contribution in [0.2, 0.25) is 0 Å². The summed E-state index contributed by atoms with van der Waals surface area (Å²) in [5.74, 6) is 0.0961. The molecule has 0 aromatic heterocycles. The van der Waals surface area contributed by atoms with E-state index in [-0.39, 0.29) is 17.3 Å². The van der Waals surface area contributed by atoms with Crippen molar-refractivity contribution in [2.75, 3.05) is 6.54 Å². The monoisotopic (exact) mass is 215 g/mol. The van der Waals surface area contributed by atoms with Gasteiger partial charge >= 0.3 is 0 Å². The van der Waals surface area contributed by atoms with Gasteiger partial charge in [-0.3, -0.25) is 10.1 Å². The first kappa shape index (κ1) is 11.7. The van der Waals surface area contributed by atoms with Crippen molar-refractivity contribution in [1.29, 1.82) is 0 Å². The molecule has 0 bridgehead atoms. The molecule has 0 radical (unpaired) electrons. The Balaban J connectivity index is 2.70. The van der Waals surface area contributed by atoms with Crippen LogP contribution < -0.4 is 5.73 Å². The SMILES string of the molecule is N/C(CC1(C[N+](=O)[O-])CCCCC1)=N/O. The quantitative estimate of drug-likeness (QED) is 0.243. The molecule has 86 valence electrons. The molecule has 1 saturated carbocycles. The average molecular weight is 215 g/mol. The van der Waals surface area contributed by atoms with Crippen molar-refractivity contribution < 1.29 is 10.1 Å². The van der Waals surface area contributed by atoms with E-state index in [2.05, 4.69) is 5.16 Å². The van der Waals surface area contributed by atoms with Gasteiger partial charge in [-0.25, -0.2) is 0 Å². The predicted octanol–water partition coefficient (Wildman–Crippen LogP) is 1.35. The van der Waals surface area contributed by atoms with Crippen LogP contribution >= 0.6 is 0 Å². The number of amidine groups is 1. The average Bonchev–Trinajstić information content (AvgIpc) is 2.17. The van der Waals surface area contributed by atoms with Gasteiger partial charge in [-0.2, -0.15) is 0 Å². The molecule has 0 unspecified atom stereocenters. The number of hydrogen-bond acceptors (Lipinski definition) is 4. The van der Waals surface area contributed by atoms with Crippen molar-refractivity contribution in [3.8, 4) is 0 Å². The van der Waals surface area contributed by atoms with E-state index in [0.29, 0.717) is 6.42 Å². The maximum Gasteiger partial charge on any atom is 0.209 e. The lowest BCUT2D eigenvalue weighted by atomic mass is 9.71. The first-order valence-electron chi connectivity index (χ1n) is 5.16. The molecule has 6 heteroatoms. The highest BCUT2D eigenvalue weighted by Crippen LogP contribution is 2.39. The van der Waals surface area contributed by atoms with Gasteiger partial charge in [-0.1, -0.05) is 24.4 Å². The first-order chi connectivity index (χ1) is 7.08. The normalized spacial score (nSPS) is 21.2. The van der Waals surface area contributed by atoms with Crippen LogP contribution in [0.4, 0.5) is 0 Å². The molecule has 0 aromatic rings. The van der Waals surface area contributed by atoms with Crippen molar-refractivity contribution >= 4 is 5.84 Å². The Morgan fingerprint density at radius 1 is 1.47 bits per heavy atom. The summed E-state index contributed by atoms with van der Waals surface area (Å²) >= 11 is 0. The molecule has 1 aliphatic carbocycles. The molecule has 1 aliphatic rings. The number of oxime groups is 1. The van der Waals surface area contributed by atoms with Crippen molar-refractivity contribution in [3.63, 3.8) is 0 Å². The van der Waals surface area contributed by atoms with Gasteiger partial charge in [0.1, 0.15) is 5.84 Å². The molecule has 15 heavy (non-hydrogen) atoms. The van der Waals surface area contributed by atoms with Gasteiger partial charge in [0.2, 0.25) is 6.54 Å². The fourth-order valence-electron chi connectivity index (χ4n) is 2.39. The number of hydrogen-bond donors (Lipinski definition) is 2. The molecule has 0 saturated heterocycles. The van der Waals surface area contributed by atoms with E-state index < -0.39 is 5.41 Å². The van der Waals surface area contributed by atoms with Gasteiger partial charge in [0.25, 0.3) is 0 Å². The molecule has 1 rings (SSSR count). The molecule has 3 N–H and O–H groups in total. The third-order valence-corrected chi connectivity index (χ3v) is 3.06. The van der Waals surface area contributed by atoms with E-state index in [0.717, 1.165) is 32.1 Å². The second kappa shape index (κ2) is 4.95. The van der Waals surface area contributed by atoms with Gasteiger partial charge in [-0.15, -0.1) is 0 Å². The smallest absolute Gasteiger partial charge is 0.209 e. The summed E-state index contributed by atoms with van der Waals surface area (Å²) in [6.07, 6.45) is 5.02. The maximum atomic E-state index is 10.6. The molecular weight excluding hydrogens is 198 g/mol. The van der Waals surface area contributed by atoms with E-state index in [1.807, 2.05) is 0 Å². The first-order valence-corrected chi connectivity index (χ1v) is 5.16. The van der Waals surface area contributed by atoms with Crippen LogP contribution in [0.15, 0.2) is 5.16 Å². The Kier molecular flexibility index (Phi) is 3.88. The maximum absolute atomic E-state index is 10.6. The van der Waals surface area contributed by atoms with Crippen LogP contribution in [-0.4, -0.2) is 22.5 Å². The minimum Gasteiger partial charge on any atom is -0.409 e. The van der Waals surface area contributed by atoms with Gasteiger partial charge in [0, 0.05) is 16.8 Å². The summed E-state index contributed by atoms with van der Waals surface area (Å²) < 4.78 is 0. The molecule has 0 spiro atoms. The van der Waals surface area contributed by atoms with Crippen molar-refractivity contribution in [3.05, 3.63) is 10.1 Å². The lowest BCUT2D eigenvalue weighted by Gasteiger charge is -2.33. The highest BCUT2D eigenvalue weighted by Gasteiger charge is 2.38. The third kappa shape index (κ3) is 3.38. The van der Waals surface area contributed by atoms with E-state index in [9.17, 15) is 10.1 Å². The predicted molar refractivity (Wildman–Crippen MR) is 55.4 cm³/mol. The summed E-state index contributed by atoms with van der Waals surface area (Å²) in [5, 5.41) is 22.0. The zero-order valence-corrected chi connectivity index (χ0v) is 8.69. The summed E-state index contributed by atoms with van der Waals surface area (Å²) in [6, 6.07) is 0. The van der Waals surface area contributed by atoms with Gasteiger partial charge in [0.05, 0.1) is 0 Å². The van der Waals surface area contributed by atoms with Crippen molar-refractivity contribution in [2.24, 2.45) is 16.3 Å². The number of nitro groups is 1. The Hall–Kier alpha value is -1.33. The summed E-state index contributed by atoms with van der Waals surface area (Å²) in [6.45, 7) is -0.0801. The van der Waals surface area contributed by atoms with Crippen LogP contribution in [0, 0.1) is 15.5 Å². The Morgan fingerprint density at radius 2 is 2.07 bits per heavy atom. The van der Waals surface area contributed by atoms with Crippen LogP contribution in [-0.2, 0) is 0 Å². The van der Waals surface area contributed by atoms with E-state index >= 15 is 0 Å². The highest BCUT2D eigenvalue weighted by atomic mass is 16.6. The minimum atomic E-state index is -0.391. The molecule has 6 nitrogen and oxygen atoms in total. The van der Waals surface area contributed by atoms with Crippen LogP contribution in [0.5, 0.6) is 0 Å². The number of rotatable bonds is 4. The largest absolute Gasteiger partial charge is 0.409 e. The van der Waals surface area contributed by atoms with Crippen LogP contribution in [0.1, 0.15) is 38.5 Å². The minimum absolute atomic E-state index is 0.0801. The van der Waals surface area contributed by atoms with E-state index in [1.54, 1.807) is 0 Å². The number of nitrogens with zero attached hydrogens (tertiary/aromatic N) is 2. The molecule has 0 heterocycles. The zero-order valence-electron chi connectivity index (χ0n) is 8.69. The number of nitrogens with two attached hydrogens (primary N) is 1. The fraction of sp³-hybridized carbons (Fsp3) is 0.889. The second-order valence-corrected chi connectivity index (χ2v) is 4.32. The van der Waals surface area contributed by atoms with Gasteiger partial charge < -0.3 is 10.9 Å². The molecule has 0 atom stereocenters. The van der Waals surface area contributed by atoms with Crippen LogP contribution in [0.25, 0.3) is 0 Å². The Bertz CT molecular complexity index is 259. The molecule has 1 fully saturated rings. The molecular formula is C9H17N3O3. The standard InChI is InChI=1S/C9H17N3O3/c10-8(11-13)6-9(7-12(14)15)4-2-1-3-5-9/h13H,1-7H2,(H2,10,11). The lowest BCUT2D eigenvalue weighted by molar-refractivity contribution is -0.498. The Labute approximate surface area is 88.3 Å².